The average molecular weight is 279 g/mol. The monoisotopic (exact) mass is 279 g/mol. The number of hydrogen-bond donors (Lipinski definition) is 1. The van der Waals surface area contributed by atoms with Crippen LogP contribution in [-0.2, 0) is 0 Å². The summed E-state index contributed by atoms with van der Waals surface area (Å²) in [4.78, 5) is 15.3. The zero-order valence-corrected chi connectivity index (χ0v) is 11.4. The smallest absolute Gasteiger partial charge is 0.335 e. The van der Waals surface area contributed by atoms with Crippen LogP contribution in [0.15, 0.2) is 59.2 Å². The van der Waals surface area contributed by atoms with Crippen molar-refractivity contribution < 1.29 is 14.3 Å². The summed E-state index contributed by atoms with van der Waals surface area (Å²) in [6, 6.07) is 14.5. The number of oxazole rings is 1. The Morgan fingerprint density at radius 1 is 1.00 bits per heavy atom. The number of hydrogen-bond acceptors (Lipinski definition) is 3. The molecular weight excluding hydrogens is 266 g/mol. The molecule has 0 aliphatic rings. The Morgan fingerprint density at radius 3 is 2.24 bits per heavy atom. The second-order valence-corrected chi connectivity index (χ2v) is 4.79. The number of nitrogens with zero attached hydrogens (tertiary/aromatic N) is 1. The molecule has 104 valence electrons. The van der Waals surface area contributed by atoms with Gasteiger partial charge in [0.15, 0.2) is 0 Å². The van der Waals surface area contributed by atoms with E-state index < -0.39 is 5.97 Å². The van der Waals surface area contributed by atoms with Gasteiger partial charge in [0.2, 0.25) is 5.89 Å². The number of aryl methyl sites for hydroxylation is 1. The molecule has 0 aliphatic carbocycles. The van der Waals surface area contributed by atoms with Crippen LogP contribution in [0.2, 0.25) is 0 Å². The molecule has 4 nitrogen and oxygen atoms in total. The summed E-state index contributed by atoms with van der Waals surface area (Å²) in [5.74, 6) is -0.475. The van der Waals surface area contributed by atoms with Gasteiger partial charge in [-0.05, 0) is 31.2 Å². The maximum absolute atomic E-state index is 10.8. The molecule has 0 spiro atoms. The van der Waals surface area contributed by atoms with Gasteiger partial charge in [0.25, 0.3) is 0 Å². The minimum Gasteiger partial charge on any atom is -0.478 e. The van der Waals surface area contributed by atoms with Gasteiger partial charge in [-0.25, -0.2) is 9.78 Å². The minimum atomic E-state index is -0.950. The third-order valence-corrected chi connectivity index (χ3v) is 3.23. The van der Waals surface area contributed by atoms with E-state index in [1.807, 2.05) is 31.2 Å². The molecule has 0 bridgehead atoms. The fraction of sp³-hybridized carbons (Fsp3) is 0.0588. The molecule has 2 aromatic carbocycles. The molecule has 0 aliphatic heterocycles. The van der Waals surface area contributed by atoms with Gasteiger partial charge in [-0.3, -0.25) is 0 Å². The van der Waals surface area contributed by atoms with Crippen molar-refractivity contribution in [2.45, 2.75) is 6.92 Å². The Bertz CT molecular complexity index is 771. The highest BCUT2D eigenvalue weighted by molar-refractivity contribution is 5.88. The third kappa shape index (κ3) is 2.69. The SMILES string of the molecule is Cc1ccc(-c2coc(-c3ccc(C(=O)O)cc3)n2)cc1. The second-order valence-electron chi connectivity index (χ2n) is 4.79. The Balaban J connectivity index is 1.90. The van der Waals surface area contributed by atoms with E-state index in [1.54, 1.807) is 18.4 Å². The van der Waals surface area contributed by atoms with E-state index in [2.05, 4.69) is 4.98 Å². The Labute approximate surface area is 121 Å². The van der Waals surface area contributed by atoms with Crippen molar-refractivity contribution in [2.75, 3.05) is 0 Å². The number of carboxylic acid groups (broad SMARTS) is 1. The molecule has 1 aromatic heterocycles. The Morgan fingerprint density at radius 2 is 1.62 bits per heavy atom. The first kappa shape index (κ1) is 13.1. The highest BCUT2D eigenvalue weighted by Gasteiger charge is 2.09. The van der Waals surface area contributed by atoms with Crippen molar-refractivity contribution in [1.29, 1.82) is 0 Å². The molecule has 3 aromatic rings. The first-order chi connectivity index (χ1) is 10.1. The fourth-order valence-electron chi connectivity index (χ4n) is 2.02. The summed E-state index contributed by atoms with van der Waals surface area (Å²) >= 11 is 0. The Hall–Kier alpha value is -2.88. The van der Waals surface area contributed by atoms with Crippen LogP contribution in [0.4, 0.5) is 0 Å². The summed E-state index contributed by atoms with van der Waals surface area (Å²) in [5.41, 5.74) is 3.92. The molecule has 3 rings (SSSR count). The molecule has 0 saturated carbocycles. The van der Waals surface area contributed by atoms with E-state index in [-0.39, 0.29) is 5.56 Å². The molecule has 0 fully saturated rings. The van der Waals surface area contributed by atoms with Crippen molar-refractivity contribution >= 4 is 5.97 Å². The van der Waals surface area contributed by atoms with Crippen LogP contribution < -0.4 is 0 Å². The van der Waals surface area contributed by atoms with Gasteiger partial charge >= 0.3 is 5.97 Å². The van der Waals surface area contributed by atoms with Crippen LogP contribution in [0.5, 0.6) is 0 Å². The summed E-state index contributed by atoms with van der Waals surface area (Å²) in [6.45, 7) is 2.03. The lowest BCUT2D eigenvalue weighted by atomic mass is 10.1. The Kier molecular flexibility index (Phi) is 3.28. The number of aromatic carboxylic acids is 1. The molecule has 0 saturated heterocycles. The number of aromatic nitrogens is 1. The van der Waals surface area contributed by atoms with Crippen molar-refractivity contribution in [2.24, 2.45) is 0 Å². The number of carbonyl (C=O) groups is 1. The first-order valence-corrected chi connectivity index (χ1v) is 6.50. The van der Waals surface area contributed by atoms with E-state index in [4.69, 9.17) is 9.52 Å². The van der Waals surface area contributed by atoms with Gasteiger partial charge in [-0.1, -0.05) is 29.8 Å². The lowest BCUT2D eigenvalue weighted by molar-refractivity contribution is 0.0697. The van der Waals surface area contributed by atoms with Crippen LogP contribution >= 0.6 is 0 Å². The first-order valence-electron chi connectivity index (χ1n) is 6.50. The molecule has 4 heteroatoms. The predicted molar refractivity (Wildman–Crippen MR) is 79.1 cm³/mol. The van der Waals surface area contributed by atoms with E-state index >= 15 is 0 Å². The maximum Gasteiger partial charge on any atom is 0.335 e. The number of benzene rings is 2. The van der Waals surface area contributed by atoms with Crippen LogP contribution in [0.1, 0.15) is 15.9 Å². The zero-order valence-electron chi connectivity index (χ0n) is 11.4. The summed E-state index contributed by atoms with van der Waals surface area (Å²) in [7, 11) is 0. The molecule has 0 unspecified atom stereocenters. The number of carboxylic acids is 1. The lowest BCUT2D eigenvalue weighted by Gasteiger charge is -1.97. The molecule has 1 N–H and O–H groups in total. The van der Waals surface area contributed by atoms with Crippen LogP contribution in [0.25, 0.3) is 22.7 Å². The fourth-order valence-corrected chi connectivity index (χ4v) is 2.02. The van der Waals surface area contributed by atoms with Crippen LogP contribution in [0, 0.1) is 6.92 Å². The van der Waals surface area contributed by atoms with Crippen LogP contribution in [-0.4, -0.2) is 16.1 Å². The molecule has 21 heavy (non-hydrogen) atoms. The molecular formula is C17H13NO3. The van der Waals surface area contributed by atoms with E-state index in [9.17, 15) is 4.79 Å². The van der Waals surface area contributed by atoms with E-state index in [0.717, 1.165) is 16.8 Å². The normalized spacial score (nSPS) is 10.5. The van der Waals surface area contributed by atoms with Gasteiger partial charge in [0.1, 0.15) is 12.0 Å². The quantitative estimate of drug-likeness (QED) is 0.786. The lowest BCUT2D eigenvalue weighted by Crippen LogP contribution is -1.94. The van der Waals surface area contributed by atoms with Crippen molar-refractivity contribution in [3.63, 3.8) is 0 Å². The highest BCUT2D eigenvalue weighted by atomic mass is 16.4. The van der Waals surface area contributed by atoms with Crippen LogP contribution in [0.3, 0.4) is 0 Å². The molecule has 1 heterocycles. The highest BCUT2D eigenvalue weighted by Crippen LogP contribution is 2.25. The van der Waals surface area contributed by atoms with Gasteiger partial charge < -0.3 is 9.52 Å². The summed E-state index contributed by atoms with van der Waals surface area (Å²) in [5, 5.41) is 8.88. The maximum atomic E-state index is 10.8. The molecule has 0 amide bonds. The van der Waals surface area contributed by atoms with Gasteiger partial charge in [0, 0.05) is 11.1 Å². The molecule has 0 radical (unpaired) electrons. The topological polar surface area (TPSA) is 63.3 Å². The summed E-state index contributed by atoms with van der Waals surface area (Å²) in [6.07, 6.45) is 1.60. The predicted octanol–water partition coefficient (Wildman–Crippen LogP) is 4.02. The van der Waals surface area contributed by atoms with Gasteiger partial charge in [-0.15, -0.1) is 0 Å². The third-order valence-electron chi connectivity index (χ3n) is 3.23. The average Bonchev–Trinajstić information content (AvgIpc) is 2.98. The largest absolute Gasteiger partial charge is 0.478 e. The second kappa shape index (κ2) is 5.25. The number of rotatable bonds is 3. The van der Waals surface area contributed by atoms with Crippen molar-refractivity contribution in [1.82, 2.24) is 4.98 Å². The zero-order chi connectivity index (χ0) is 14.8. The summed E-state index contributed by atoms with van der Waals surface area (Å²) < 4.78 is 5.48. The van der Waals surface area contributed by atoms with Gasteiger partial charge in [-0.2, -0.15) is 0 Å². The van der Waals surface area contributed by atoms with E-state index in [1.165, 1.54) is 17.7 Å². The molecule has 0 atom stereocenters. The standard InChI is InChI=1S/C17H13NO3/c1-11-2-4-12(5-3-11)15-10-21-16(18-15)13-6-8-14(9-7-13)17(19)20/h2-10H,1H3,(H,19,20). The van der Waals surface area contributed by atoms with Crippen molar-refractivity contribution in [3.8, 4) is 22.7 Å². The van der Waals surface area contributed by atoms with E-state index in [0.29, 0.717) is 5.89 Å². The van der Waals surface area contributed by atoms with Crippen molar-refractivity contribution in [3.05, 3.63) is 65.9 Å². The minimum absolute atomic E-state index is 0.240. The van der Waals surface area contributed by atoms with Gasteiger partial charge in [0.05, 0.1) is 5.56 Å².